The van der Waals surface area contributed by atoms with Gasteiger partial charge in [0, 0.05) is 39.3 Å². The fraction of sp³-hybridized carbons (Fsp3) is 0.938. The SMILES string of the molecule is CC(C)(C)OC(=O)N1CC[C@H](CN2CCCN(S(C)(=O)=O)CC2)C1. The van der Waals surface area contributed by atoms with Gasteiger partial charge in [-0.2, -0.15) is 0 Å². The average molecular weight is 362 g/mol. The van der Waals surface area contributed by atoms with Gasteiger partial charge in [-0.3, -0.25) is 0 Å². The molecule has 0 aromatic carbocycles. The second-order valence-corrected chi connectivity index (χ2v) is 9.88. The standard InChI is InChI=1S/C16H31N3O4S/c1-16(2,3)23-15(20)18-9-6-14(13-18)12-17-7-5-8-19(11-10-17)24(4,21)22/h14H,5-13H2,1-4H3/t14-/m1/s1. The molecule has 140 valence electrons. The summed E-state index contributed by atoms with van der Waals surface area (Å²) in [6.07, 6.45) is 2.88. The van der Waals surface area contributed by atoms with Gasteiger partial charge in [0.15, 0.2) is 0 Å². The first-order valence-electron chi connectivity index (χ1n) is 8.70. The quantitative estimate of drug-likeness (QED) is 0.756. The van der Waals surface area contributed by atoms with Crippen LogP contribution >= 0.6 is 0 Å². The van der Waals surface area contributed by atoms with Crippen LogP contribution in [0.25, 0.3) is 0 Å². The number of likely N-dealkylation sites (tertiary alicyclic amines) is 1. The zero-order chi connectivity index (χ0) is 18.0. The monoisotopic (exact) mass is 361 g/mol. The Morgan fingerprint density at radius 2 is 1.83 bits per heavy atom. The Morgan fingerprint density at radius 3 is 2.46 bits per heavy atom. The van der Waals surface area contributed by atoms with Gasteiger partial charge in [0.2, 0.25) is 10.0 Å². The van der Waals surface area contributed by atoms with Gasteiger partial charge in [0.25, 0.3) is 0 Å². The third kappa shape index (κ3) is 5.89. The summed E-state index contributed by atoms with van der Waals surface area (Å²) in [7, 11) is -3.10. The maximum atomic E-state index is 12.1. The number of hydrogen-bond acceptors (Lipinski definition) is 5. The first kappa shape index (κ1) is 19.5. The molecule has 2 rings (SSSR count). The zero-order valence-corrected chi connectivity index (χ0v) is 16.1. The Hall–Kier alpha value is -0.860. The van der Waals surface area contributed by atoms with Crippen LogP contribution in [0.2, 0.25) is 0 Å². The van der Waals surface area contributed by atoms with Crippen molar-refractivity contribution >= 4 is 16.1 Å². The first-order chi connectivity index (χ1) is 11.0. The summed E-state index contributed by atoms with van der Waals surface area (Å²) >= 11 is 0. The van der Waals surface area contributed by atoms with E-state index in [0.29, 0.717) is 19.0 Å². The Labute approximate surface area is 146 Å². The van der Waals surface area contributed by atoms with E-state index in [9.17, 15) is 13.2 Å². The molecule has 0 bridgehead atoms. The van der Waals surface area contributed by atoms with Crippen LogP contribution in [0.3, 0.4) is 0 Å². The molecule has 24 heavy (non-hydrogen) atoms. The molecule has 2 fully saturated rings. The smallest absolute Gasteiger partial charge is 0.410 e. The van der Waals surface area contributed by atoms with Gasteiger partial charge in [-0.15, -0.1) is 0 Å². The van der Waals surface area contributed by atoms with Crippen molar-refractivity contribution in [1.29, 1.82) is 0 Å². The number of carbonyl (C=O) groups excluding carboxylic acids is 1. The third-order valence-electron chi connectivity index (χ3n) is 4.47. The molecule has 0 saturated carbocycles. The molecule has 1 atom stereocenters. The van der Waals surface area contributed by atoms with Crippen LogP contribution in [-0.2, 0) is 14.8 Å². The van der Waals surface area contributed by atoms with Gasteiger partial charge >= 0.3 is 6.09 Å². The fourth-order valence-electron chi connectivity index (χ4n) is 3.30. The summed E-state index contributed by atoms with van der Waals surface area (Å²) in [5.74, 6) is 0.433. The van der Waals surface area contributed by atoms with E-state index in [-0.39, 0.29) is 6.09 Å². The molecule has 0 unspecified atom stereocenters. The van der Waals surface area contributed by atoms with Gasteiger partial charge in [-0.1, -0.05) is 0 Å². The number of hydrogen-bond donors (Lipinski definition) is 0. The number of ether oxygens (including phenoxy) is 1. The maximum absolute atomic E-state index is 12.1. The van der Waals surface area contributed by atoms with Crippen molar-refractivity contribution in [2.75, 3.05) is 52.1 Å². The Balaban J connectivity index is 1.80. The average Bonchev–Trinajstić information content (AvgIpc) is 2.74. The molecule has 8 heteroatoms. The van der Waals surface area contributed by atoms with E-state index in [2.05, 4.69) is 4.90 Å². The molecule has 0 spiro atoms. The Morgan fingerprint density at radius 1 is 1.12 bits per heavy atom. The van der Waals surface area contributed by atoms with E-state index in [1.807, 2.05) is 20.8 Å². The van der Waals surface area contributed by atoms with E-state index < -0.39 is 15.6 Å². The molecule has 2 aliphatic heterocycles. The highest BCUT2D eigenvalue weighted by Gasteiger charge is 2.31. The summed E-state index contributed by atoms with van der Waals surface area (Å²) in [5.41, 5.74) is -0.463. The number of sulfonamides is 1. The van der Waals surface area contributed by atoms with Gasteiger partial charge in [-0.05, 0) is 46.1 Å². The highest BCUT2D eigenvalue weighted by molar-refractivity contribution is 7.88. The number of nitrogens with zero attached hydrogens (tertiary/aromatic N) is 3. The van der Waals surface area contributed by atoms with E-state index in [1.165, 1.54) is 6.26 Å². The largest absolute Gasteiger partial charge is 0.444 e. The highest BCUT2D eigenvalue weighted by Crippen LogP contribution is 2.21. The lowest BCUT2D eigenvalue weighted by Crippen LogP contribution is -2.38. The van der Waals surface area contributed by atoms with Gasteiger partial charge in [-0.25, -0.2) is 17.5 Å². The molecule has 0 aromatic heterocycles. The minimum Gasteiger partial charge on any atom is -0.444 e. The minimum atomic E-state index is -3.10. The second kappa shape index (κ2) is 7.58. The molecular weight excluding hydrogens is 330 g/mol. The lowest BCUT2D eigenvalue weighted by Gasteiger charge is -2.26. The van der Waals surface area contributed by atoms with Crippen LogP contribution in [0.1, 0.15) is 33.6 Å². The minimum absolute atomic E-state index is 0.232. The first-order valence-corrected chi connectivity index (χ1v) is 10.5. The van der Waals surface area contributed by atoms with Crippen LogP contribution in [0, 0.1) is 5.92 Å². The highest BCUT2D eigenvalue weighted by atomic mass is 32.2. The number of rotatable bonds is 3. The molecule has 7 nitrogen and oxygen atoms in total. The summed E-state index contributed by atoms with van der Waals surface area (Å²) in [4.78, 5) is 16.2. The van der Waals surface area contributed by atoms with Gasteiger partial charge in [0.05, 0.1) is 6.26 Å². The molecule has 2 saturated heterocycles. The van der Waals surface area contributed by atoms with Crippen LogP contribution in [0.5, 0.6) is 0 Å². The Kier molecular flexibility index (Phi) is 6.14. The van der Waals surface area contributed by atoms with Crippen LogP contribution in [-0.4, -0.2) is 86.3 Å². The van der Waals surface area contributed by atoms with Crippen molar-refractivity contribution in [2.45, 2.75) is 39.2 Å². The van der Waals surface area contributed by atoms with Gasteiger partial charge < -0.3 is 14.5 Å². The Bertz CT molecular complexity index is 544. The molecule has 0 aliphatic carbocycles. The van der Waals surface area contributed by atoms with E-state index in [1.54, 1.807) is 9.21 Å². The van der Waals surface area contributed by atoms with Crippen molar-refractivity contribution in [2.24, 2.45) is 5.92 Å². The molecule has 2 heterocycles. The second-order valence-electron chi connectivity index (χ2n) is 7.90. The van der Waals surface area contributed by atoms with Crippen molar-refractivity contribution < 1.29 is 17.9 Å². The van der Waals surface area contributed by atoms with E-state index in [0.717, 1.165) is 45.6 Å². The van der Waals surface area contributed by atoms with Crippen molar-refractivity contribution in [3.05, 3.63) is 0 Å². The molecular formula is C16H31N3O4S. The summed E-state index contributed by atoms with van der Waals surface area (Å²) in [6, 6.07) is 0. The predicted octanol–water partition coefficient (Wildman–Crippen LogP) is 1.21. The predicted molar refractivity (Wildman–Crippen MR) is 93.4 cm³/mol. The van der Waals surface area contributed by atoms with Crippen molar-refractivity contribution in [1.82, 2.24) is 14.1 Å². The lowest BCUT2D eigenvalue weighted by molar-refractivity contribution is 0.0285. The van der Waals surface area contributed by atoms with E-state index in [4.69, 9.17) is 4.74 Å². The summed E-state index contributed by atoms with van der Waals surface area (Å²) in [6.45, 7) is 10.8. The molecule has 1 amide bonds. The third-order valence-corrected chi connectivity index (χ3v) is 5.77. The summed E-state index contributed by atoms with van der Waals surface area (Å²) < 4.78 is 30.3. The maximum Gasteiger partial charge on any atom is 0.410 e. The number of carbonyl (C=O) groups is 1. The number of amides is 1. The molecule has 0 aromatic rings. The molecule has 0 N–H and O–H groups in total. The lowest BCUT2D eigenvalue weighted by atomic mass is 10.1. The molecule has 2 aliphatic rings. The van der Waals surface area contributed by atoms with Crippen molar-refractivity contribution in [3.8, 4) is 0 Å². The molecule has 0 radical (unpaired) electrons. The summed E-state index contributed by atoms with van der Waals surface area (Å²) in [5, 5.41) is 0. The van der Waals surface area contributed by atoms with Crippen LogP contribution in [0.4, 0.5) is 4.79 Å². The topological polar surface area (TPSA) is 70.2 Å². The van der Waals surface area contributed by atoms with Crippen molar-refractivity contribution in [3.63, 3.8) is 0 Å². The zero-order valence-electron chi connectivity index (χ0n) is 15.3. The van der Waals surface area contributed by atoms with Gasteiger partial charge in [0.1, 0.15) is 5.60 Å². The van der Waals surface area contributed by atoms with E-state index >= 15 is 0 Å². The van der Waals surface area contributed by atoms with Crippen LogP contribution in [0.15, 0.2) is 0 Å². The normalized spacial score (nSPS) is 24.8. The fourth-order valence-corrected chi connectivity index (χ4v) is 4.17. The van der Waals surface area contributed by atoms with Crippen LogP contribution < -0.4 is 0 Å².